The largest absolute Gasteiger partial charge is 0.492 e. The van der Waals surface area contributed by atoms with Gasteiger partial charge in [-0.2, -0.15) is 0 Å². The van der Waals surface area contributed by atoms with Crippen LogP contribution in [0.5, 0.6) is 5.75 Å². The SMILES string of the molecule is NCCOc1ccc(CCCCN=C(N)NC(=O)c2nc(Cl)c(N)nc2N)cc1. The number of nitrogens with two attached hydrogens (primary N) is 4. The molecule has 0 radical (unpaired) electrons. The number of hydrogen-bond acceptors (Lipinski definition) is 8. The molecular weight excluding hydrogens is 396 g/mol. The molecule has 0 atom stereocenters. The van der Waals surface area contributed by atoms with E-state index in [2.05, 4.69) is 20.3 Å². The molecule has 0 saturated carbocycles. The molecule has 0 bridgehead atoms. The van der Waals surface area contributed by atoms with Crippen LogP contribution < -0.4 is 33.0 Å². The van der Waals surface area contributed by atoms with E-state index in [4.69, 9.17) is 39.3 Å². The van der Waals surface area contributed by atoms with Crippen molar-refractivity contribution in [2.24, 2.45) is 16.5 Å². The van der Waals surface area contributed by atoms with Gasteiger partial charge >= 0.3 is 0 Å². The molecule has 10 nitrogen and oxygen atoms in total. The number of guanidine groups is 1. The van der Waals surface area contributed by atoms with Crippen molar-refractivity contribution in [3.63, 3.8) is 0 Å². The van der Waals surface area contributed by atoms with Crippen molar-refractivity contribution in [2.45, 2.75) is 19.3 Å². The lowest BCUT2D eigenvalue weighted by atomic mass is 10.1. The number of aliphatic imine (C=N–C) groups is 1. The Kier molecular flexibility index (Phi) is 8.44. The Hall–Kier alpha value is -3.11. The molecule has 11 heteroatoms. The Morgan fingerprint density at radius 2 is 1.86 bits per heavy atom. The monoisotopic (exact) mass is 420 g/mol. The first kappa shape index (κ1) is 22.2. The van der Waals surface area contributed by atoms with E-state index < -0.39 is 5.91 Å². The van der Waals surface area contributed by atoms with Gasteiger partial charge in [0.25, 0.3) is 5.91 Å². The minimum atomic E-state index is -0.657. The van der Waals surface area contributed by atoms with E-state index in [0.717, 1.165) is 25.0 Å². The van der Waals surface area contributed by atoms with Gasteiger partial charge in [-0.3, -0.25) is 15.1 Å². The Labute approximate surface area is 173 Å². The van der Waals surface area contributed by atoms with Gasteiger partial charge in [-0.05, 0) is 37.0 Å². The number of carbonyl (C=O) groups is 1. The maximum atomic E-state index is 12.1. The summed E-state index contributed by atoms with van der Waals surface area (Å²) in [5.74, 6) is -0.0857. The molecular formula is C18H25ClN8O2. The lowest BCUT2D eigenvalue weighted by Crippen LogP contribution is -2.38. The van der Waals surface area contributed by atoms with Crippen LogP contribution in [0.4, 0.5) is 11.6 Å². The molecule has 1 amide bonds. The maximum Gasteiger partial charge on any atom is 0.280 e. The molecule has 1 aromatic heterocycles. The van der Waals surface area contributed by atoms with Gasteiger partial charge in [0.1, 0.15) is 12.4 Å². The number of halogens is 1. The molecule has 1 aromatic carbocycles. The van der Waals surface area contributed by atoms with Crippen LogP contribution in [0, 0.1) is 0 Å². The third-order valence-electron chi connectivity index (χ3n) is 3.83. The number of carbonyl (C=O) groups excluding carboxylic acids is 1. The number of unbranched alkanes of at least 4 members (excludes halogenated alkanes) is 1. The van der Waals surface area contributed by atoms with Crippen LogP contribution in [0.15, 0.2) is 29.3 Å². The van der Waals surface area contributed by atoms with Gasteiger partial charge in [-0.1, -0.05) is 23.7 Å². The standard InChI is InChI=1S/C18H25ClN8O2/c19-14-16(22)26-15(21)13(25-14)17(28)27-18(23)24-9-2-1-3-11-4-6-12(7-5-11)29-10-8-20/h4-7H,1-3,8-10,20H2,(H4,21,22,26)(H3,23,24,27,28). The lowest BCUT2D eigenvalue weighted by Gasteiger charge is -2.07. The van der Waals surface area contributed by atoms with E-state index in [1.165, 1.54) is 5.56 Å². The van der Waals surface area contributed by atoms with E-state index in [1.807, 2.05) is 24.3 Å². The summed E-state index contributed by atoms with van der Waals surface area (Å²) in [6, 6.07) is 7.89. The predicted molar refractivity (Wildman–Crippen MR) is 114 cm³/mol. The average Bonchev–Trinajstić information content (AvgIpc) is 2.69. The summed E-state index contributed by atoms with van der Waals surface area (Å²) in [5, 5.41) is 2.29. The first-order chi connectivity index (χ1) is 13.9. The minimum absolute atomic E-state index is 0.0365. The van der Waals surface area contributed by atoms with Crippen molar-refractivity contribution in [3.05, 3.63) is 40.7 Å². The molecule has 2 aromatic rings. The lowest BCUT2D eigenvalue weighted by molar-refractivity contribution is 0.0972. The molecule has 0 saturated heterocycles. The maximum absolute atomic E-state index is 12.1. The van der Waals surface area contributed by atoms with Gasteiger partial charge in [-0.15, -0.1) is 0 Å². The fourth-order valence-corrected chi connectivity index (χ4v) is 2.52. The number of amides is 1. The van der Waals surface area contributed by atoms with E-state index >= 15 is 0 Å². The Balaban J connectivity index is 1.74. The summed E-state index contributed by atoms with van der Waals surface area (Å²) >= 11 is 5.76. The number of rotatable bonds is 9. The number of aryl methyl sites for hydroxylation is 1. The first-order valence-electron chi connectivity index (χ1n) is 9.02. The van der Waals surface area contributed by atoms with Crippen molar-refractivity contribution in [2.75, 3.05) is 31.2 Å². The second-order valence-corrected chi connectivity index (χ2v) is 6.45. The summed E-state index contributed by atoms with van der Waals surface area (Å²) in [7, 11) is 0. The van der Waals surface area contributed by atoms with E-state index in [9.17, 15) is 4.79 Å². The second kappa shape index (κ2) is 11.0. The van der Waals surface area contributed by atoms with E-state index in [-0.39, 0.29) is 28.4 Å². The molecule has 0 aliphatic heterocycles. The zero-order valence-electron chi connectivity index (χ0n) is 15.9. The highest BCUT2D eigenvalue weighted by molar-refractivity contribution is 6.31. The highest BCUT2D eigenvalue weighted by atomic mass is 35.5. The molecule has 156 valence electrons. The third-order valence-corrected chi connectivity index (χ3v) is 4.11. The Bertz CT molecular complexity index is 858. The Morgan fingerprint density at radius 1 is 1.14 bits per heavy atom. The molecule has 9 N–H and O–H groups in total. The van der Waals surface area contributed by atoms with Crippen LogP contribution in [0.1, 0.15) is 28.9 Å². The topological polar surface area (TPSA) is 181 Å². The average molecular weight is 421 g/mol. The number of hydrogen-bond donors (Lipinski definition) is 5. The highest BCUT2D eigenvalue weighted by Crippen LogP contribution is 2.17. The van der Waals surface area contributed by atoms with Crippen LogP contribution in [0.25, 0.3) is 0 Å². The number of benzene rings is 1. The molecule has 29 heavy (non-hydrogen) atoms. The van der Waals surface area contributed by atoms with Gasteiger partial charge < -0.3 is 27.7 Å². The van der Waals surface area contributed by atoms with Crippen LogP contribution in [0.2, 0.25) is 5.15 Å². The Morgan fingerprint density at radius 3 is 2.55 bits per heavy atom. The van der Waals surface area contributed by atoms with Crippen molar-refractivity contribution in [1.29, 1.82) is 0 Å². The van der Waals surface area contributed by atoms with Crippen molar-refractivity contribution < 1.29 is 9.53 Å². The summed E-state index contributed by atoms with van der Waals surface area (Å²) in [4.78, 5) is 23.8. The highest BCUT2D eigenvalue weighted by Gasteiger charge is 2.16. The number of ether oxygens (including phenoxy) is 1. The third kappa shape index (κ3) is 7.09. The quantitative estimate of drug-likeness (QED) is 0.223. The number of anilines is 2. The fraction of sp³-hybridized carbons (Fsp3) is 0.333. The summed E-state index contributed by atoms with van der Waals surface area (Å²) in [5.41, 5.74) is 23.3. The van der Waals surface area contributed by atoms with Crippen LogP contribution in [0.3, 0.4) is 0 Å². The smallest absolute Gasteiger partial charge is 0.280 e. The van der Waals surface area contributed by atoms with Gasteiger partial charge in [0.2, 0.25) is 0 Å². The van der Waals surface area contributed by atoms with Crippen molar-refractivity contribution in [1.82, 2.24) is 15.3 Å². The van der Waals surface area contributed by atoms with Crippen molar-refractivity contribution >= 4 is 35.1 Å². The normalized spacial score (nSPS) is 11.3. The van der Waals surface area contributed by atoms with Gasteiger partial charge in [-0.25, -0.2) is 9.97 Å². The van der Waals surface area contributed by atoms with Gasteiger partial charge in [0, 0.05) is 13.1 Å². The van der Waals surface area contributed by atoms with Crippen LogP contribution in [-0.2, 0) is 6.42 Å². The number of nitrogen functional groups attached to an aromatic ring is 2. The summed E-state index contributed by atoms with van der Waals surface area (Å²) < 4.78 is 5.44. The minimum Gasteiger partial charge on any atom is -0.492 e. The van der Waals surface area contributed by atoms with E-state index in [1.54, 1.807) is 0 Å². The second-order valence-electron chi connectivity index (χ2n) is 6.09. The zero-order valence-corrected chi connectivity index (χ0v) is 16.7. The molecule has 0 spiro atoms. The molecule has 2 rings (SSSR count). The van der Waals surface area contributed by atoms with Crippen molar-refractivity contribution in [3.8, 4) is 5.75 Å². The summed E-state index contributed by atoms with van der Waals surface area (Å²) in [6.45, 7) is 1.45. The molecule has 0 aliphatic rings. The predicted octanol–water partition coefficient (Wildman–Crippen LogP) is 0.699. The first-order valence-corrected chi connectivity index (χ1v) is 9.40. The van der Waals surface area contributed by atoms with E-state index in [0.29, 0.717) is 19.7 Å². The molecule has 0 unspecified atom stereocenters. The summed E-state index contributed by atoms with van der Waals surface area (Å²) in [6.07, 6.45) is 2.62. The van der Waals surface area contributed by atoms with Gasteiger partial charge in [0.15, 0.2) is 28.4 Å². The molecule has 0 aliphatic carbocycles. The fourth-order valence-electron chi connectivity index (χ4n) is 2.39. The number of aromatic nitrogens is 2. The molecule has 1 heterocycles. The number of nitrogens with zero attached hydrogens (tertiary/aromatic N) is 3. The zero-order chi connectivity index (χ0) is 21.2. The molecule has 0 fully saturated rings. The van der Waals surface area contributed by atoms with Gasteiger partial charge in [0.05, 0.1) is 0 Å². The number of nitrogens with one attached hydrogen (secondary N) is 1. The van der Waals surface area contributed by atoms with Crippen LogP contribution >= 0.6 is 11.6 Å². The van der Waals surface area contributed by atoms with Crippen LogP contribution in [-0.4, -0.2) is 41.5 Å².